The van der Waals surface area contributed by atoms with Gasteiger partial charge in [0.15, 0.2) is 5.82 Å². The maximum absolute atomic E-state index is 4.83. The van der Waals surface area contributed by atoms with Gasteiger partial charge in [-0.25, -0.2) is 9.97 Å². The van der Waals surface area contributed by atoms with Gasteiger partial charge in [-0.05, 0) is 12.1 Å². The molecule has 0 N–H and O–H groups in total. The molecule has 0 bridgehead atoms. The number of nitrogens with zero attached hydrogens (tertiary/aromatic N) is 2. The van der Waals surface area contributed by atoms with Gasteiger partial charge in [0.05, 0.1) is 5.69 Å². The Labute approximate surface area is 149 Å². The van der Waals surface area contributed by atoms with Gasteiger partial charge in [0, 0.05) is 37.5 Å². The van der Waals surface area contributed by atoms with Crippen LogP contribution in [0.3, 0.4) is 0 Å². The number of hydrogen-bond acceptors (Lipinski definition) is 3. The van der Waals surface area contributed by atoms with E-state index in [4.69, 9.17) is 4.98 Å². The highest BCUT2D eigenvalue weighted by Crippen LogP contribution is 2.39. The van der Waals surface area contributed by atoms with Crippen molar-refractivity contribution in [2.45, 2.75) is 0 Å². The van der Waals surface area contributed by atoms with E-state index in [-0.39, 0.29) is 0 Å². The predicted octanol–water partition coefficient (Wildman–Crippen LogP) is 6.18. The van der Waals surface area contributed by atoms with Crippen molar-refractivity contribution in [3.63, 3.8) is 0 Å². The van der Waals surface area contributed by atoms with Crippen molar-refractivity contribution in [1.82, 2.24) is 9.97 Å². The Kier molecular flexibility index (Phi) is 3.32. The highest BCUT2D eigenvalue weighted by atomic mass is 32.1. The number of benzene rings is 3. The van der Waals surface area contributed by atoms with Crippen LogP contribution in [0, 0.1) is 0 Å². The van der Waals surface area contributed by atoms with Crippen LogP contribution in [0.1, 0.15) is 0 Å². The van der Waals surface area contributed by atoms with Gasteiger partial charge in [-0.2, -0.15) is 0 Å². The lowest BCUT2D eigenvalue weighted by molar-refractivity contribution is 1.18. The maximum atomic E-state index is 4.83. The summed E-state index contributed by atoms with van der Waals surface area (Å²) in [5, 5.41) is 2.60. The number of thiophene rings is 1. The summed E-state index contributed by atoms with van der Waals surface area (Å²) >= 11 is 1.82. The molecule has 2 heterocycles. The fourth-order valence-electron chi connectivity index (χ4n) is 3.18. The van der Waals surface area contributed by atoms with Gasteiger partial charge in [-0.1, -0.05) is 66.7 Å². The molecule has 118 valence electrons. The molecule has 2 aromatic heterocycles. The Morgan fingerprint density at radius 3 is 2.40 bits per heavy atom. The summed E-state index contributed by atoms with van der Waals surface area (Å²) in [7, 11) is 0. The molecule has 0 aliphatic heterocycles. The average Bonchev–Trinajstić information content (AvgIpc) is 3.07. The molecular weight excluding hydrogens is 324 g/mol. The summed E-state index contributed by atoms with van der Waals surface area (Å²) in [5.74, 6) is 0.760. The largest absolute Gasteiger partial charge is 0.237 e. The molecule has 0 amide bonds. The van der Waals surface area contributed by atoms with E-state index in [1.807, 2.05) is 53.9 Å². The van der Waals surface area contributed by atoms with E-state index >= 15 is 0 Å². The van der Waals surface area contributed by atoms with E-state index in [1.165, 1.54) is 25.7 Å². The SMILES string of the molecule is c1ccc(-c2nccc(-c3cccc4c3sc3ccccc34)n2)cc1. The van der Waals surface area contributed by atoms with Crippen molar-refractivity contribution >= 4 is 31.5 Å². The molecular formula is C22H14N2S. The van der Waals surface area contributed by atoms with E-state index in [0.717, 1.165) is 17.1 Å². The molecule has 0 radical (unpaired) electrons. The zero-order valence-corrected chi connectivity index (χ0v) is 14.2. The number of aromatic nitrogens is 2. The lowest BCUT2D eigenvalue weighted by Crippen LogP contribution is -1.91. The summed E-state index contributed by atoms with van der Waals surface area (Å²) in [6.07, 6.45) is 1.84. The lowest BCUT2D eigenvalue weighted by atomic mass is 10.1. The smallest absolute Gasteiger partial charge is 0.159 e. The first kappa shape index (κ1) is 14.3. The molecule has 3 heteroatoms. The molecule has 0 aliphatic carbocycles. The molecule has 5 rings (SSSR count). The monoisotopic (exact) mass is 338 g/mol. The van der Waals surface area contributed by atoms with Crippen molar-refractivity contribution in [1.29, 1.82) is 0 Å². The summed E-state index contributed by atoms with van der Waals surface area (Å²) < 4.78 is 2.59. The minimum Gasteiger partial charge on any atom is -0.237 e. The van der Waals surface area contributed by atoms with E-state index < -0.39 is 0 Å². The van der Waals surface area contributed by atoms with E-state index in [2.05, 4.69) is 47.4 Å². The average molecular weight is 338 g/mol. The third-order valence-corrected chi connectivity index (χ3v) is 5.59. The Morgan fingerprint density at radius 2 is 1.48 bits per heavy atom. The van der Waals surface area contributed by atoms with Crippen LogP contribution in [-0.4, -0.2) is 9.97 Å². The zero-order valence-electron chi connectivity index (χ0n) is 13.4. The van der Waals surface area contributed by atoms with Gasteiger partial charge < -0.3 is 0 Å². The van der Waals surface area contributed by atoms with Crippen LogP contribution in [0.4, 0.5) is 0 Å². The third-order valence-electron chi connectivity index (χ3n) is 4.37. The first-order chi connectivity index (χ1) is 12.4. The molecule has 25 heavy (non-hydrogen) atoms. The van der Waals surface area contributed by atoms with E-state index in [1.54, 1.807) is 0 Å². The van der Waals surface area contributed by atoms with Crippen LogP contribution < -0.4 is 0 Å². The molecule has 0 fully saturated rings. The third kappa shape index (κ3) is 2.41. The Bertz CT molecular complexity index is 1190. The van der Waals surface area contributed by atoms with Crippen molar-refractivity contribution in [2.75, 3.05) is 0 Å². The van der Waals surface area contributed by atoms with Crippen LogP contribution in [-0.2, 0) is 0 Å². The van der Waals surface area contributed by atoms with Crippen molar-refractivity contribution in [3.8, 4) is 22.6 Å². The summed E-state index contributed by atoms with van der Waals surface area (Å²) in [6, 6.07) is 27.1. The molecule has 0 spiro atoms. The van der Waals surface area contributed by atoms with Gasteiger partial charge in [-0.15, -0.1) is 11.3 Å². The molecule has 0 unspecified atom stereocenters. The molecule has 5 aromatic rings. The van der Waals surface area contributed by atoms with E-state index in [0.29, 0.717) is 0 Å². The van der Waals surface area contributed by atoms with Gasteiger partial charge in [0.2, 0.25) is 0 Å². The standard InChI is InChI=1S/C22H14N2S/c1-2-7-15(8-3-1)22-23-14-13-19(24-22)18-11-6-10-17-16-9-4-5-12-20(16)25-21(17)18/h1-14H. The van der Waals surface area contributed by atoms with Crippen LogP contribution >= 0.6 is 11.3 Å². The molecule has 0 aliphatic rings. The van der Waals surface area contributed by atoms with Gasteiger partial charge in [-0.3, -0.25) is 0 Å². The Balaban J connectivity index is 1.74. The van der Waals surface area contributed by atoms with Gasteiger partial charge >= 0.3 is 0 Å². The first-order valence-corrected chi connectivity index (χ1v) is 9.01. The van der Waals surface area contributed by atoms with Crippen molar-refractivity contribution < 1.29 is 0 Å². The lowest BCUT2D eigenvalue weighted by Gasteiger charge is -2.05. The highest BCUT2D eigenvalue weighted by Gasteiger charge is 2.11. The number of rotatable bonds is 2. The molecule has 0 saturated carbocycles. The first-order valence-electron chi connectivity index (χ1n) is 8.19. The summed E-state index contributed by atoms with van der Waals surface area (Å²) in [5.41, 5.74) is 3.16. The highest BCUT2D eigenvalue weighted by molar-refractivity contribution is 7.26. The minimum atomic E-state index is 0.760. The normalized spacial score (nSPS) is 11.2. The van der Waals surface area contributed by atoms with Gasteiger partial charge in [0.1, 0.15) is 0 Å². The van der Waals surface area contributed by atoms with Crippen LogP contribution in [0.15, 0.2) is 85.1 Å². The second kappa shape index (κ2) is 5.80. The van der Waals surface area contributed by atoms with Gasteiger partial charge in [0.25, 0.3) is 0 Å². The second-order valence-electron chi connectivity index (χ2n) is 5.91. The Morgan fingerprint density at radius 1 is 0.680 bits per heavy atom. The minimum absolute atomic E-state index is 0.760. The van der Waals surface area contributed by atoms with Crippen LogP contribution in [0.25, 0.3) is 42.8 Å². The fraction of sp³-hybridized carbons (Fsp3) is 0. The molecule has 0 saturated heterocycles. The van der Waals surface area contributed by atoms with E-state index in [9.17, 15) is 0 Å². The fourth-order valence-corrected chi connectivity index (χ4v) is 4.41. The number of fused-ring (bicyclic) bond motifs is 3. The topological polar surface area (TPSA) is 25.8 Å². The molecule has 3 aromatic carbocycles. The number of hydrogen-bond donors (Lipinski definition) is 0. The van der Waals surface area contributed by atoms with Crippen molar-refractivity contribution in [3.05, 3.63) is 85.1 Å². The Hall–Kier alpha value is -3.04. The summed E-state index contributed by atoms with van der Waals surface area (Å²) in [6.45, 7) is 0. The quantitative estimate of drug-likeness (QED) is 0.384. The van der Waals surface area contributed by atoms with Crippen LogP contribution in [0.5, 0.6) is 0 Å². The second-order valence-corrected chi connectivity index (χ2v) is 6.96. The molecule has 0 atom stereocenters. The maximum Gasteiger partial charge on any atom is 0.159 e. The molecule has 2 nitrogen and oxygen atoms in total. The van der Waals surface area contributed by atoms with Crippen molar-refractivity contribution in [2.24, 2.45) is 0 Å². The predicted molar refractivity (Wildman–Crippen MR) is 106 cm³/mol. The van der Waals surface area contributed by atoms with Crippen LogP contribution in [0.2, 0.25) is 0 Å². The summed E-state index contributed by atoms with van der Waals surface area (Å²) in [4.78, 5) is 9.28. The zero-order chi connectivity index (χ0) is 16.6.